The van der Waals surface area contributed by atoms with Crippen LogP contribution in [-0.2, 0) is 29.1 Å². The summed E-state index contributed by atoms with van der Waals surface area (Å²) >= 11 is 3.24. The molecule has 0 bridgehead atoms. The topological polar surface area (TPSA) is 114 Å². The zero-order valence-corrected chi connectivity index (χ0v) is 17.6. The monoisotopic (exact) mass is 465 g/mol. The Morgan fingerprint density at radius 2 is 1.41 bits per heavy atom. The number of rotatable bonds is 12. The van der Waals surface area contributed by atoms with Crippen LogP contribution in [-0.4, -0.2) is 78.1 Å². The molecule has 2 amide bonds. The summed E-state index contributed by atoms with van der Waals surface area (Å²) in [5.74, 6) is -1.06. The van der Waals surface area contributed by atoms with Gasteiger partial charge < -0.3 is 20.1 Å². The van der Waals surface area contributed by atoms with Gasteiger partial charge in [0.1, 0.15) is 0 Å². The van der Waals surface area contributed by atoms with Crippen molar-refractivity contribution < 1.29 is 27.5 Å². The quantitative estimate of drug-likeness (QED) is 0.418. The molecule has 0 aliphatic heterocycles. The van der Waals surface area contributed by atoms with E-state index in [1.807, 2.05) is 0 Å². The number of amides is 2. The lowest BCUT2D eigenvalue weighted by molar-refractivity contribution is -0.123. The molecular formula is C16H24BrN3O6S. The number of ether oxygens (including phenoxy) is 2. The highest BCUT2D eigenvalue weighted by atomic mass is 79.9. The van der Waals surface area contributed by atoms with Gasteiger partial charge in [0, 0.05) is 31.8 Å². The molecule has 0 spiro atoms. The van der Waals surface area contributed by atoms with Crippen LogP contribution in [0.4, 0.5) is 0 Å². The summed E-state index contributed by atoms with van der Waals surface area (Å²) in [5.41, 5.74) is 0. The highest BCUT2D eigenvalue weighted by molar-refractivity contribution is 9.10. The molecule has 1 aromatic rings. The van der Waals surface area contributed by atoms with E-state index in [4.69, 9.17) is 9.47 Å². The molecule has 152 valence electrons. The Balaban J connectivity index is 2.92. The van der Waals surface area contributed by atoms with Crippen LogP contribution in [0.5, 0.6) is 0 Å². The number of hydrogen-bond acceptors (Lipinski definition) is 6. The fourth-order valence-corrected chi connectivity index (χ4v) is 3.62. The van der Waals surface area contributed by atoms with E-state index in [-0.39, 0.29) is 18.0 Å². The molecule has 1 rings (SSSR count). The molecule has 1 aromatic carbocycles. The molecule has 0 radical (unpaired) electrons. The average Bonchev–Trinajstić information content (AvgIpc) is 2.62. The standard InChI is InChI=1S/C16H24BrN3O6S/c1-25-9-7-18-15(21)11-20(12-16(22)19-8-10-26-2)27(23,24)14-5-3-13(17)4-6-14/h3-6H,7-12H2,1-2H3,(H,18,21)(H,19,22). The number of nitrogens with one attached hydrogen (secondary N) is 2. The van der Waals surface area contributed by atoms with Crippen molar-refractivity contribution in [2.75, 3.05) is 53.6 Å². The number of methoxy groups -OCH3 is 2. The third-order valence-electron chi connectivity index (χ3n) is 3.35. The number of carbonyl (C=O) groups excluding carboxylic acids is 2. The Morgan fingerprint density at radius 3 is 1.81 bits per heavy atom. The summed E-state index contributed by atoms with van der Waals surface area (Å²) in [6.07, 6.45) is 0. The Bertz CT molecular complexity index is 687. The van der Waals surface area contributed by atoms with E-state index < -0.39 is 34.9 Å². The SMILES string of the molecule is COCCNC(=O)CN(CC(=O)NCCOC)S(=O)(=O)c1ccc(Br)cc1. The van der Waals surface area contributed by atoms with Gasteiger partial charge in [0.25, 0.3) is 0 Å². The van der Waals surface area contributed by atoms with Crippen LogP contribution in [0.15, 0.2) is 33.6 Å². The molecule has 9 nitrogen and oxygen atoms in total. The van der Waals surface area contributed by atoms with Crippen molar-refractivity contribution in [3.63, 3.8) is 0 Å². The molecule has 0 fully saturated rings. The lowest BCUT2D eigenvalue weighted by Crippen LogP contribution is -2.46. The van der Waals surface area contributed by atoms with Crippen LogP contribution >= 0.6 is 15.9 Å². The van der Waals surface area contributed by atoms with E-state index in [1.165, 1.54) is 26.4 Å². The number of benzene rings is 1. The predicted molar refractivity (Wildman–Crippen MR) is 103 cm³/mol. The zero-order valence-electron chi connectivity index (χ0n) is 15.2. The Labute approximate surface area is 167 Å². The van der Waals surface area contributed by atoms with Crippen molar-refractivity contribution in [3.05, 3.63) is 28.7 Å². The first-order valence-electron chi connectivity index (χ1n) is 8.08. The Morgan fingerprint density at radius 1 is 0.963 bits per heavy atom. The van der Waals surface area contributed by atoms with Gasteiger partial charge in [0.2, 0.25) is 21.8 Å². The van der Waals surface area contributed by atoms with Crippen molar-refractivity contribution >= 4 is 37.8 Å². The maximum atomic E-state index is 12.9. The van der Waals surface area contributed by atoms with Gasteiger partial charge in [0.05, 0.1) is 31.2 Å². The summed E-state index contributed by atoms with van der Waals surface area (Å²) in [6.45, 7) is 0.0914. The first kappa shape index (κ1) is 23.5. The molecule has 11 heteroatoms. The van der Waals surface area contributed by atoms with Gasteiger partial charge in [-0.3, -0.25) is 9.59 Å². The zero-order chi connectivity index (χ0) is 20.3. The van der Waals surface area contributed by atoms with Crippen LogP contribution < -0.4 is 10.6 Å². The van der Waals surface area contributed by atoms with Crippen LogP contribution in [0.2, 0.25) is 0 Å². The van der Waals surface area contributed by atoms with Crippen LogP contribution in [0.3, 0.4) is 0 Å². The smallest absolute Gasteiger partial charge is 0.244 e. The fourth-order valence-electron chi connectivity index (χ4n) is 2.00. The Kier molecular flexibility index (Phi) is 10.5. The Hall–Kier alpha value is -1.53. The third kappa shape index (κ3) is 8.35. The molecule has 0 saturated carbocycles. The van der Waals surface area contributed by atoms with Crippen LogP contribution in [0.25, 0.3) is 0 Å². The van der Waals surface area contributed by atoms with E-state index in [2.05, 4.69) is 26.6 Å². The fraction of sp³-hybridized carbons (Fsp3) is 0.500. The van der Waals surface area contributed by atoms with Crippen molar-refractivity contribution in [3.8, 4) is 0 Å². The second kappa shape index (κ2) is 12.0. The minimum absolute atomic E-state index is 0.0138. The summed E-state index contributed by atoms with van der Waals surface area (Å²) in [4.78, 5) is 24.1. The number of hydrogen-bond donors (Lipinski definition) is 2. The second-order valence-corrected chi connectivity index (χ2v) is 8.27. The predicted octanol–water partition coefficient (Wildman–Crippen LogP) is -0.0350. The van der Waals surface area contributed by atoms with Gasteiger partial charge in [-0.25, -0.2) is 8.42 Å². The van der Waals surface area contributed by atoms with E-state index in [0.29, 0.717) is 17.7 Å². The molecule has 27 heavy (non-hydrogen) atoms. The molecule has 0 saturated heterocycles. The summed E-state index contributed by atoms with van der Waals surface area (Å²) in [6, 6.07) is 5.95. The van der Waals surface area contributed by atoms with Gasteiger partial charge >= 0.3 is 0 Å². The van der Waals surface area contributed by atoms with Crippen LogP contribution in [0, 0.1) is 0 Å². The first-order chi connectivity index (χ1) is 12.8. The molecule has 0 aromatic heterocycles. The van der Waals surface area contributed by atoms with Crippen molar-refractivity contribution in [2.45, 2.75) is 4.90 Å². The molecule has 0 heterocycles. The molecule has 0 atom stereocenters. The van der Waals surface area contributed by atoms with E-state index in [9.17, 15) is 18.0 Å². The van der Waals surface area contributed by atoms with Gasteiger partial charge in [-0.2, -0.15) is 4.31 Å². The van der Waals surface area contributed by atoms with Gasteiger partial charge in [-0.1, -0.05) is 15.9 Å². The normalized spacial score (nSPS) is 11.4. The molecule has 0 aliphatic rings. The number of sulfonamides is 1. The van der Waals surface area contributed by atoms with Crippen molar-refractivity contribution in [2.24, 2.45) is 0 Å². The summed E-state index contributed by atoms with van der Waals surface area (Å²) in [5, 5.41) is 5.09. The van der Waals surface area contributed by atoms with Gasteiger partial charge in [-0.05, 0) is 24.3 Å². The van der Waals surface area contributed by atoms with E-state index in [1.54, 1.807) is 12.1 Å². The lowest BCUT2D eigenvalue weighted by atomic mass is 10.4. The van der Waals surface area contributed by atoms with Crippen molar-refractivity contribution in [1.29, 1.82) is 0 Å². The minimum Gasteiger partial charge on any atom is -0.383 e. The summed E-state index contributed by atoms with van der Waals surface area (Å²) in [7, 11) is -1.07. The maximum absolute atomic E-state index is 12.9. The van der Waals surface area contributed by atoms with Crippen LogP contribution in [0.1, 0.15) is 0 Å². The number of nitrogens with zero attached hydrogens (tertiary/aromatic N) is 1. The average molecular weight is 466 g/mol. The van der Waals surface area contributed by atoms with Gasteiger partial charge in [0.15, 0.2) is 0 Å². The third-order valence-corrected chi connectivity index (χ3v) is 5.68. The van der Waals surface area contributed by atoms with Crippen molar-refractivity contribution in [1.82, 2.24) is 14.9 Å². The maximum Gasteiger partial charge on any atom is 0.244 e. The van der Waals surface area contributed by atoms with E-state index in [0.717, 1.165) is 4.31 Å². The molecule has 0 aliphatic carbocycles. The largest absolute Gasteiger partial charge is 0.383 e. The molecule has 0 unspecified atom stereocenters. The molecule has 2 N–H and O–H groups in total. The molecular weight excluding hydrogens is 442 g/mol. The highest BCUT2D eigenvalue weighted by Crippen LogP contribution is 2.18. The van der Waals surface area contributed by atoms with E-state index >= 15 is 0 Å². The second-order valence-electron chi connectivity index (χ2n) is 5.41. The highest BCUT2D eigenvalue weighted by Gasteiger charge is 2.28. The lowest BCUT2D eigenvalue weighted by Gasteiger charge is -2.21. The first-order valence-corrected chi connectivity index (χ1v) is 10.3. The number of halogens is 1. The summed E-state index contributed by atoms with van der Waals surface area (Å²) < 4.78 is 37.0. The minimum atomic E-state index is -4.04. The number of carbonyl (C=O) groups is 2. The van der Waals surface area contributed by atoms with Gasteiger partial charge in [-0.15, -0.1) is 0 Å².